The molecule has 0 unspecified atom stereocenters. The summed E-state index contributed by atoms with van der Waals surface area (Å²) in [6, 6.07) is 11.5. The van der Waals surface area contributed by atoms with E-state index in [1.54, 1.807) is 18.2 Å². The topological polar surface area (TPSA) is 56.6 Å². The van der Waals surface area contributed by atoms with Crippen LogP contribution in [0.3, 0.4) is 0 Å². The van der Waals surface area contributed by atoms with Crippen molar-refractivity contribution in [3.05, 3.63) is 67.5 Å². The number of benzene rings is 1. The van der Waals surface area contributed by atoms with Gasteiger partial charge in [0.25, 0.3) is 5.56 Å². The summed E-state index contributed by atoms with van der Waals surface area (Å²) in [6.07, 6.45) is 0. The van der Waals surface area contributed by atoms with Crippen LogP contribution >= 0.6 is 27.3 Å². The first-order valence-electron chi connectivity index (χ1n) is 6.69. The molecule has 0 fully saturated rings. The number of pyridine rings is 1. The number of aromatic amines is 1. The molecule has 0 aliphatic rings. The largest absolute Gasteiger partial charge is 0.321 e. The Hall–Kier alpha value is -2.23. The van der Waals surface area contributed by atoms with Crippen LogP contribution < -0.4 is 5.56 Å². The second-order valence-corrected chi connectivity index (χ2v) is 7.04. The summed E-state index contributed by atoms with van der Waals surface area (Å²) < 4.78 is 14.0. The van der Waals surface area contributed by atoms with Crippen LogP contribution in [-0.4, -0.2) is 4.98 Å². The van der Waals surface area contributed by atoms with Gasteiger partial charge in [0.2, 0.25) is 0 Å². The highest BCUT2D eigenvalue weighted by Crippen LogP contribution is 2.36. The molecular formula is C17H10BrFN2OS. The summed E-state index contributed by atoms with van der Waals surface area (Å²) in [5.74, 6) is -0.345. The molecule has 0 saturated carbocycles. The van der Waals surface area contributed by atoms with E-state index in [-0.39, 0.29) is 11.4 Å². The molecular weight excluding hydrogens is 379 g/mol. The van der Waals surface area contributed by atoms with Crippen molar-refractivity contribution in [3.63, 3.8) is 0 Å². The third-order valence-corrected chi connectivity index (χ3v) is 5.59. The van der Waals surface area contributed by atoms with Gasteiger partial charge in [0.1, 0.15) is 17.4 Å². The number of aromatic nitrogens is 1. The van der Waals surface area contributed by atoms with E-state index in [0.717, 1.165) is 14.2 Å². The van der Waals surface area contributed by atoms with Crippen molar-refractivity contribution < 1.29 is 4.39 Å². The fourth-order valence-electron chi connectivity index (χ4n) is 2.24. The van der Waals surface area contributed by atoms with Gasteiger partial charge in [-0.3, -0.25) is 4.79 Å². The first-order chi connectivity index (χ1) is 11.0. The molecule has 3 rings (SSSR count). The zero-order valence-corrected chi connectivity index (χ0v) is 14.4. The highest BCUT2D eigenvalue weighted by atomic mass is 79.9. The van der Waals surface area contributed by atoms with Gasteiger partial charge in [-0.05, 0) is 64.8 Å². The van der Waals surface area contributed by atoms with Crippen LogP contribution in [0.25, 0.3) is 21.7 Å². The number of nitrogens with one attached hydrogen (secondary N) is 1. The van der Waals surface area contributed by atoms with Crippen molar-refractivity contribution >= 4 is 27.3 Å². The van der Waals surface area contributed by atoms with E-state index in [9.17, 15) is 14.4 Å². The normalized spacial score (nSPS) is 10.5. The smallest absolute Gasteiger partial charge is 0.267 e. The lowest BCUT2D eigenvalue weighted by atomic mass is 10.0. The van der Waals surface area contributed by atoms with E-state index in [1.165, 1.54) is 23.5 Å². The van der Waals surface area contributed by atoms with Gasteiger partial charge in [-0.15, -0.1) is 11.3 Å². The third kappa shape index (κ3) is 2.98. The van der Waals surface area contributed by atoms with Crippen LogP contribution in [0.4, 0.5) is 4.39 Å². The maximum atomic E-state index is 13.1. The lowest BCUT2D eigenvalue weighted by Crippen LogP contribution is -2.12. The number of hydrogen-bond acceptors (Lipinski definition) is 3. The van der Waals surface area contributed by atoms with Crippen LogP contribution in [0.2, 0.25) is 0 Å². The molecule has 0 saturated heterocycles. The highest BCUT2D eigenvalue weighted by molar-refractivity contribution is 9.10. The van der Waals surface area contributed by atoms with Crippen molar-refractivity contribution in [3.8, 4) is 27.8 Å². The van der Waals surface area contributed by atoms with E-state index in [4.69, 9.17) is 0 Å². The van der Waals surface area contributed by atoms with E-state index >= 15 is 0 Å². The van der Waals surface area contributed by atoms with Gasteiger partial charge in [-0.25, -0.2) is 4.39 Å². The molecule has 0 radical (unpaired) electrons. The first-order valence-corrected chi connectivity index (χ1v) is 8.30. The van der Waals surface area contributed by atoms with Gasteiger partial charge in [-0.2, -0.15) is 5.26 Å². The van der Waals surface area contributed by atoms with Crippen LogP contribution in [0, 0.1) is 24.1 Å². The van der Waals surface area contributed by atoms with E-state index in [0.29, 0.717) is 16.8 Å². The molecule has 23 heavy (non-hydrogen) atoms. The van der Waals surface area contributed by atoms with Crippen molar-refractivity contribution in [1.29, 1.82) is 5.26 Å². The van der Waals surface area contributed by atoms with Crippen molar-refractivity contribution in [2.75, 3.05) is 0 Å². The highest BCUT2D eigenvalue weighted by Gasteiger charge is 2.15. The second-order valence-electron chi connectivity index (χ2n) is 4.93. The van der Waals surface area contributed by atoms with Gasteiger partial charge in [0.15, 0.2) is 0 Å². The number of nitriles is 1. The van der Waals surface area contributed by atoms with E-state index in [2.05, 4.69) is 20.9 Å². The van der Waals surface area contributed by atoms with Gasteiger partial charge >= 0.3 is 0 Å². The van der Waals surface area contributed by atoms with Crippen molar-refractivity contribution in [2.24, 2.45) is 0 Å². The van der Waals surface area contributed by atoms with Gasteiger partial charge < -0.3 is 4.98 Å². The van der Waals surface area contributed by atoms with Crippen LogP contribution in [0.15, 0.2) is 45.7 Å². The van der Waals surface area contributed by atoms with Crippen LogP contribution in [-0.2, 0) is 0 Å². The molecule has 2 aromatic heterocycles. The Kier molecular flexibility index (Phi) is 4.16. The van der Waals surface area contributed by atoms with Gasteiger partial charge in [-0.1, -0.05) is 0 Å². The fourth-order valence-corrected chi connectivity index (χ4v) is 3.80. The predicted molar refractivity (Wildman–Crippen MR) is 92.9 cm³/mol. The minimum Gasteiger partial charge on any atom is -0.321 e. The summed E-state index contributed by atoms with van der Waals surface area (Å²) in [6.45, 7) is 1.96. The Labute approximate surface area is 144 Å². The minimum absolute atomic E-state index is 0.0737. The number of hydrogen-bond donors (Lipinski definition) is 1. The second kappa shape index (κ2) is 6.11. The molecule has 2 heterocycles. The first kappa shape index (κ1) is 15.7. The van der Waals surface area contributed by atoms with E-state index < -0.39 is 5.56 Å². The molecule has 3 nitrogen and oxygen atoms in total. The molecule has 0 spiro atoms. The van der Waals surface area contributed by atoms with Gasteiger partial charge in [0, 0.05) is 25.5 Å². The fraction of sp³-hybridized carbons (Fsp3) is 0.0588. The lowest BCUT2D eigenvalue weighted by molar-refractivity contribution is 0.628. The Morgan fingerprint density at radius 3 is 2.52 bits per heavy atom. The number of rotatable bonds is 2. The number of aryl methyl sites for hydroxylation is 1. The summed E-state index contributed by atoms with van der Waals surface area (Å²) in [4.78, 5) is 16.8. The average molecular weight is 389 g/mol. The molecule has 0 aliphatic heterocycles. The maximum absolute atomic E-state index is 13.1. The summed E-state index contributed by atoms with van der Waals surface area (Å²) in [5, 5.41) is 9.31. The molecule has 0 bridgehead atoms. The number of H-pyrrole nitrogens is 1. The summed E-state index contributed by atoms with van der Waals surface area (Å²) in [5.41, 5.74) is 1.43. The molecule has 114 valence electrons. The zero-order valence-electron chi connectivity index (χ0n) is 12.0. The minimum atomic E-state index is -0.452. The molecule has 6 heteroatoms. The van der Waals surface area contributed by atoms with Crippen molar-refractivity contribution in [2.45, 2.75) is 6.92 Å². The van der Waals surface area contributed by atoms with Crippen molar-refractivity contribution in [1.82, 2.24) is 4.98 Å². The Morgan fingerprint density at radius 1 is 1.26 bits per heavy atom. The molecule has 3 aromatic rings. The Bertz CT molecular complexity index is 964. The number of thiophene rings is 1. The Balaban J connectivity index is 2.24. The van der Waals surface area contributed by atoms with E-state index in [1.807, 2.05) is 19.1 Å². The number of nitrogens with zero attached hydrogens (tertiary/aromatic N) is 1. The van der Waals surface area contributed by atoms with Gasteiger partial charge in [0.05, 0.1) is 0 Å². The molecule has 1 aromatic carbocycles. The summed E-state index contributed by atoms with van der Waals surface area (Å²) in [7, 11) is 0. The monoisotopic (exact) mass is 388 g/mol. The molecule has 0 atom stereocenters. The molecule has 1 N–H and O–H groups in total. The zero-order chi connectivity index (χ0) is 16.6. The SMILES string of the molecule is Cc1sc(-c2cc(-c3ccc(F)cc3)[nH]c(=O)c2C#N)cc1Br. The maximum Gasteiger partial charge on any atom is 0.267 e. The Morgan fingerprint density at radius 2 is 1.96 bits per heavy atom. The third-order valence-electron chi connectivity index (χ3n) is 3.42. The van der Waals surface area contributed by atoms with Crippen LogP contribution in [0.1, 0.15) is 10.4 Å². The standard InChI is InChI=1S/C17H10BrFN2OS/c1-9-14(18)7-16(23-9)12-6-15(21-17(22)13(12)8-20)10-2-4-11(19)5-3-10/h2-7H,1H3,(H,21,22). The molecule has 0 aliphatic carbocycles. The van der Waals surface area contributed by atoms with Crippen LogP contribution in [0.5, 0.6) is 0 Å². The average Bonchev–Trinajstić information content (AvgIpc) is 2.86. The molecule has 0 amide bonds. The lowest BCUT2D eigenvalue weighted by Gasteiger charge is -2.06. The predicted octanol–water partition coefficient (Wildman–Crippen LogP) is 4.85. The number of halogens is 2. The summed E-state index contributed by atoms with van der Waals surface area (Å²) >= 11 is 4.95. The quantitative estimate of drug-likeness (QED) is 0.681.